The monoisotopic (exact) mass is 687 g/mol. The molecule has 0 radical (unpaired) electrons. The smallest absolute Gasteiger partial charge is 0.158 e. The quantitative estimate of drug-likeness (QED) is 0.186. The first-order chi connectivity index (χ1) is 18.8. The van der Waals surface area contributed by atoms with Crippen LogP contribution in [0.4, 0.5) is 17.2 Å². The second-order valence-corrected chi connectivity index (χ2v) is 8.50. The van der Waals surface area contributed by atoms with Crippen LogP contribution in [0.3, 0.4) is 0 Å². The minimum Gasteiger partial charge on any atom is -0.507 e. The molecular formula is C32H22N5OPt-. The fourth-order valence-corrected chi connectivity index (χ4v) is 4.17. The fourth-order valence-electron chi connectivity index (χ4n) is 4.17. The molecule has 0 unspecified atom stereocenters. The van der Waals surface area contributed by atoms with Crippen molar-refractivity contribution < 1.29 is 26.2 Å². The van der Waals surface area contributed by atoms with E-state index in [-0.39, 0.29) is 26.8 Å². The zero-order valence-electron chi connectivity index (χ0n) is 20.6. The van der Waals surface area contributed by atoms with Crippen LogP contribution in [0, 0.1) is 6.07 Å². The van der Waals surface area contributed by atoms with Gasteiger partial charge in [-0.3, -0.25) is 9.97 Å². The van der Waals surface area contributed by atoms with Gasteiger partial charge < -0.3 is 10.0 Å². The van der Waals surface area contributed by atoms with E-state index in [9.17, 15) is 5.11 Å². The summed E-state index contributed by atoms with van der Waals surface area (Å²) in [6.45, 7) is 0. The molecule has 6 rings (SSSR count). The Balaban J connectivity index is 0.00000308. The number of hydrogen-bond donors (Lipinski definition) is 1. The first kappa shape index (κ1) is 26.0. The van der Waals surface area contributed by atoms with E-state index in [4.69, 9.17) is 15.0 Å². The third-order valence-electron chi connectivity index (χ3n) is 5.97. The third-order valence-corrected chi connectivity index (χ3v) is 5.97. The number of pyridine rings is 1. The van der Waals surface area contributed by atoms with Crippen LogP contribution in [0.5, 0.6) is 5.75 Å². The summed E-state index contributed by atoms with van der Waals surface area (Å²) in [4.78, 5) is 20.9. The second kappa shape index (κ2) is 11.8. The molecule has 4 aromatic carbocycles. The third kappa shape index (κ3) is 5.61. The minimum atomic E-state index is 0. The first-order valence-electron chi connectivity index (χ1n) is 12.1. The van der Waals surface area contributed by atoms with Crippen LogP contribution in [0.1, 0.15) is 0 Å². The predicted molar refractivity (Wildman–Crippen MR) is 149 cm³/mol. The summed E-state index contributed by atoms with van der Waals surface area (Å²) in [7, 11) is 0. The summed E-state index contributed by atoms with van der Waals surface area (Å²) >= 11 is 0. The van der Waals surface area contributed by atoms with E-state index in [1.54, 1.807) is 24.4 Å². The minimum absolute atomic E-state index is 0. The van der Waals surface area contributed by atoms with Gasteiger partial charge in [-0.05, 0) is 42.1 Å². The number of aromatic hydroxyl groups is 1. The van der Waals surface area contributed by atoms with E-state index in [0.29, 0.717) is 28.6 Å². The van der Waals surface area contributed by atoms with Crippen molar-refractivity contribution in [3.8, 4) is 39.9 Å². The Morgan fingerprint density at radius 1 is 0.590 bits per heavy atom. The number of rotatable bonds is 6. The Morgan fingerprint density at radius 3 is 2.00 bits per heavy atom. The summed E-state index contributed by atoms with van der Waals surface area (Å²) in [6.07, 6.45) is 1.77. The van der Waals surface area contributed by atoms with E-state index in [1.165, 1.54) is 0 Å². The van der Waals surface area contributed by atoms with Crippen molar-refractivity contribution in [2.45, 2.75) is 0 Å². The molecule has 39 heavy (non-hydrogen) atoms. The van der Waals surface area contributed by atoms with Gasteiger partial charge in [0.1, 0.15) is 11.6 Å². The van der Waals surface area contributed by atoms with Gasteiger partial charge in [0.05, 0.1) is 11.4 Å². The molecule has 6 aromatic rings. The van der Waals surface area contributed by atoms with E-state index in [1.807, 2.05) is 108 Å². The summed E-state index contributed by atoms with van der Waals surface area (Å²) in [6, 6.07) is 41.9. The molecule has 6 nitrogen and oxygen atoms in total. The van der Waals surface area contributed by atoms with Crippen molar-refractivity contribution in [1.29, 1.82) is 0 Å². The molecule has 0 fully saturated rings. The summed E-state index contributed by atoms with van der Waals surface area (Å²) < 4.78 is 0. The van der Waals surface area contributed by atoms with Gasteiger partial charge in [-0.15, -0.1) is 29.8 Å². The molecule has 192 valence electrons. The second-order valence-electron chi connectivity index (χ2n) is 8.50. The van der Waals surface area contributed by atoms with Crippen LogP contribution in [0.2, 0.25) is 0 Å². The molecule has 0 atom stereocenters. The van der Waals surface area contributed by atoms with Crippen LogP contribution in [0.25, 0.3) is 34.2 Å². The summed E-state index contributed by atoms with van der Waals surface area (Å²) in [5.74, 6) is 2.22. The van der Waals surface area contributed by atoms with Gasteiger partial charge in [0.15, 0.2) is 11.6 Å². The molecule has 1 N–H and O–H groups in total. The Hall–Kier alpha value is -4.67. The van der Waals surface area contributed by atoms with Crippen molar-refractivity contribution in [1.82, 2.24) is 19.9 Å². The van der Waals surface area contributed by atoms with Crippen LogP contribution in [0.15, 0.2) is 128 Å². The normalized spacial score (nSPS) is 10.5. The maximum Gasteiger partial charge on any atom is 0.158 e. The molecule has 0 aliphatic carbocycles. The number of phenols is 1. The zero-order chi connectivity index (χ0) is 25.7. The number of nitrogens with zero attached hydrogens (tertiary/aromatic N) is 5. The van der Waals surface area contributed by atoms with E-state index in [2.05, 4.69) is 11.1 Å². The van der Waals surface area contributed by atoms with Crippen LogP contribution < -0.4 is 4.90 Å². The largest absolute Gasteiger partial charge is 0.507 e. The number of hydrogen-bond acceptors (Lipinski definition) is 6. The van der Waals surface area contributed by atoms with E-state index in [0.717, 1.165) is 22.8 Å². The number of aromatic nitrogens is 4. The number of para-hydroxylation sites is 2. The maximum absolute atomic E-state index is 10.5. The van der Waals surface area contributed by atoms with Gasteiger partial charge in [0.25, 0.3) is 0 Å². The molecule has 0 saturated carbocycles. The first-order valence-corrected chi connectivity index (χ1v) is 12.1. The van der Waals surface area contributed by atoms with Crippen molar-refractivity contribution in [2.75, 3.05) is 4.90 Å². The van der Waals surface area contributed by atoms with Gasteiger partial charge in [-0.1, -0.05) is 66.7 Å². The fraction of sp³-hybridized carbons (Fsp3) is 0. The number of phenolic OH excluding ortho intramolecular Hbond substituents is 1. The van der Waals surface area contributed by atoms with Crippen molar-refractivity contribution in [2.24, 2.45) is 0 Å². The molecule has 0 aliphatic rings. The SMILES string of the molecule is Oc1ccccc1-c1nc(-c2[c-]c(N(c3ccccc3)c3ccccn3)ccc2)nc(-c2ccccc2)n1.[Pt]. The Bertz CT molecular complexity index is 1640. The molecule has 0 aliphatic heterocycles. The molecule has 2 heterocycles. The Labute approximate surface area is 241 Å². The Kier molecular flexibility index (Phi) is 7.85. The molecule has 0 saturated heterocycles. The standard InChI is InChI=1S/C32H22N5O.Pt/c38-28-19-8-7-18-27(28)32-35-30(23-12-3-1-4-13-23)34-31(36-32)24-14-11-17-26(22-24)37(25-15-5-2-6-16-25)29-20-9-10-21-33-29;/h1-21,38H;/q-1;. The molecule has 0 amide bonds. The summed E-state index contributed by atoms with van der Waals surface area (Å²) in [5, 5.41) is 10.5. The Morgan fingerprint density at radius 2 is 1.26 bits per heavy atom. The van der Waals surface area contributed by atoms with Crippen molar-refractivity contribution >= 4 is 17.2 Å². The zero-order valence-corrected chi connectivity index (χ0v) is 22.9. The topological polar surface area (TPSA) is 75.0 Å². The van der Waals surface area contributed by atoms with Gasteiger partial charge in [-0.25, -0.2) is 9.97 Å². The van der Waals surface area contributed by atoms with Gasteiger partial charge in [-0.2, -0.15) is 0 Å². The van der Waals surface area contributed by atoms with Crippen molar-refractivity contribution in [3.63, 3.8) is 0 Å². The van der Waals surface area contributed by atoms with Gasteiger partial charge >= 0.3 is 0 Å². The van der Waals surface area contributed by atoms with Gasteiger partial charge in [0.2, 0.25) is 0 Å². The maximum atomic E-state index is 10.5. The van der Waals surface area contributed by atoms with E-state index >= 15 is 0 Å². The molecule has 0 spiro atoms. The molecule has 0 bridgehead atoms. The van der Waals surface area contributed by atoms with Crippen LogP contribution in [-0.4, -0.2) is 25.0 Å². The van der Waals surface area contributed by atoms with Crippen LogP contribution >= 0.6 is 0 Å². The number of anilines is 3. The molecule has 7 heteroatoms. The average molecular weight is 688 g/mol. The average Bonchev–Trinajstić information content (AvgIpc) is 2.99. The predicted octanol–water partition coefficient (Wildman–Crippen LogP) is 7.24. The molecular weight excluding hydrogens is 665 g/mol. The van der Waals surface area contributed by atoms with E-state index < -0.39 is 0 Å². The van der Waals surface area contributed by atoms with Crippen LogP contribution in [-0.2, 0) is 21.1 Å². The van der Waals surface area contributed by atoms with Gasteiger partial charge in [0, 0.05) is 38.5 Å². The van der Waals surface area contributed by atoms with Crippen molar-refractivity contribution in [3.05, 3.63) is 134 Å². The number of benzene rings is 4. The summed E-state index contributed by atoms with van der Waals surface area (Å²) in [5.41, 5.74) is 3.82. The molecule has 2 aromatic heterocycles.